The van der Waals surface area contributed by atoms with Gasteiger partial charge in [0, 0.05) is 12.1 Å². The van der Waals surface area contributed by atoms with Crippen molar-refractivity contribution >= 4 is 5.82 Å². The molecule has 0 atom stereocenters. The van der Waals surface area contributed by atoms with Gasteiger partial charge in [-0.1, -0.05) is 0 Å². The first-order valence-corrected chi connectivity index (χ1v) is 3.30. The van der Waals surface area contributed by atoms with Gasteiger partial charge in [-0.25, -0.2) is 0 Å². The van der Waals surface area contributed by atoms with Crippen molar-refractivity contribution in [2.75, 3.05) is 18.5 Å². The monoisotopic (exact) mass is 139 g/mol. The van der Waals surface area contributed by atoms with E-state index in [2.05, 4.69) is 15.5 Å². The number of ether oxygens (including phenoxy) is 1. The summed E-state index contributed by atoms with van der Waals surface area (Å²) >= 11 is 0. The van der Waals surface area contributed by atoms with Crippen LogP contribution in [0.15, 0.2) is 6.20 Å². The van der Waals surface area contributed by atoms with Crippen LogP contribution in [0.1, 0.15) is 5.56 Å². The zero-order chi connectivity index (χ0) is 6.81. The van der Waals surface area contributed by atoms with Gasteiger partial charge in [-0.05, 0) is 0 Å². The second kappa shape index (κ2) is 2.30. The summed E-state index contributed by atoms with van der Waals surface area (Å²) in [6, 6.07) is 0. The maximum atomic E-state index is 5.26. The maximum absolute atomic E-state index is 5.26. The summed E-state index contributed by atoms with van der Waals surface area (Å²) < 4.78 is 5.26. The largest absolute Gasteiger partial charge is 0.375 e. The summed E-state index contributed by atoms with van der Waals surface area (Å²) in [6.07, 6.45) is 1.79. The van der Waals surface area contributed by atoms with Crippen molar-refractivity contribution in [1.29, 1.82) is 0 Å². The highest BCUT2D eigenvalue weighted by Crippen LogP contribution is 2.13. The molecule has 1 aromatic rings. The van der Waals surface area contributed by atoms with Crippen LogP contribution in [-0.2, 0) is 11.3 Å². The molecule has 1 aromatic heterocycles. The van der Waals surface area contributed by atoms with Crippen molar-refractivity contribution in [2.45, 2.75) is 6.61 Å². The minimum atomic E-state index is 0.666. The van der Waals surface area contributed by atoms with Gasteiger partial charge in [0.1, 0.15) is 5.82 Å². The fourth-order valence-electron chi connectivity index (χ4n) is 1.00. The van der Waals surface area contributed by atoms with E-state index in [-0.39, 0.29) is 0 Å². The molecule has 1 aliphatic rings. The molecule has 2 N–H and O–H groups in total. The number of nitrogens with one attached hydrogen (secondary N) is 2. The van der Waals surface area contributed by atoms with E-state index in [1.54, 1.807) is 6.20 Å². The summed E-state index contributed by atoms with van der Waals surface area (Å²) in [7, 11) is 0. The van der Waals surface area contributed by atoms with E-state index in [1.807, 2.05) is 0 Å². The number of aromatic amines is 1. The first-order valence-electron chi connectivity index (χ1n) is 3.30. The minimum Gasteiger partial charge on any atom is -0.375 e. The molecular weight excluding hydrogens is 130 g/mol. The van der Waals surface area contributed by atoms with Crippen molar-refractivity contribution in [3.05, 3.63) is 11.8 Å². The van der Waals surface area contributed by atoms with Gasteiger partial charge in [-0.3, -0.25) is 5.10 Å². The summed E-state index contributed by atoms with van der Waals surface area (Å²) in [4.78, 5) is 0. The number of anilines is 1. The second-order valence-electron chi connectivity index (χ2n) is 2.25. The molecule has 2 rings (SSSR count). The van der Waals surface area contributed by atoms with Crippen molar-refractivity contribution in [3.8, 4) is 0 Å². The zero-order valence-electron chi connectivity index (χ0n) is 5.55. The SMILES string of the molecule is c1n[nH]c2c1COCCN2. The quantitative estimate of drug-likeness (QED) is 0.545. The van der Waals surface area contributed by atoms with Gasteiger partial charge in [0.15, 0.2) is 0 Å². The Morgan fingerprint density at radius 3 is 3.60 bits per heavy atom. The topological polar surface area (TPSA) is 49.9 Å². The summed E-state index contributed by atoms with van der Waals surface area (Å²) in [5.41, 5.74) is 1.11. The number of nitrogens with zero attached hydrogens (tertiary/aromatic N) is 1. The van der Waals surface area contributed by atoms with E-state index >= 15 is 0 Å². The van der Waals surface area contributed by atoms with Crippen LogP contribution in [0.2, 0.25) is 0 Å². The first-order chi connectivity index (χ1) is 4.97. The molecule has 54 valence electrons. The Morgan fingerprint density at radius 2 is 2.60 bits per heavy atom. The second-order valence-corrected chi connectivity index (χ2v) is 2.25. The molecule has 4 nitrogen and oxygen atoms in total. The van der Waals surface area contributed by atoms with E-state index in [4.69, 9.17) is 4.74 Å². The Hall–Kier alpha value is -1.03. The molecule has 0 bridgehead atoms. The molecule has 0 saturated heterocycles. The molecule has 0 saturated carbocycles. The van der Waals surface area contributed by atoms with Crippen molar-refractivity contribution < 1.29 is 4.74 Å². The Balaban J connectivity index is 2.28. The van der Waals surface area contributed by atoms with Crippen LogP contribution in [0.5, 0.6) is 0 Å². The fourth-order valence-corrected chi connectivity index (χ4v) is 1.00. The lowest BCUT2D eigenvalue weighted by Crippen LogP contribution is -2.05. The lowest BCUT2D eigenvalue weighted by Gasteiger charge is -1.96. The Labute approximate surface area is 58.6 Å². The van der Waals surface area contributed by atoms with E-state index in [1.165, 1.54) is 0 Å². The van der Waals surface area contributed by atoms with E-state index in [0.717, 1.165) is 24.5 Å². The van der Waals surface area contributed by atoms with Crippen molar-refractivity contribution in [3.63, 3.8) is 0 Å². The van der Waals surface area contributed by atoms with Crippen LogP contribution in [0, 0.1) is 0 Å². The predicted octanol–water partition coefficient (Wildman–Crippen LogP) is 0.352. The number of rotatable bonds is 0. The molecule has 10 heavy (non-hydrogen) atoms. The Kier molecular flexibility index (Phi) is 1.32. The van der Waals surface area contributed by atoms with Gasteiger partial charge in [0.25, 0.3) is 0 Å². The summed E-state index contributed by atoms with van der Waals surface area (Å²) in [5, 5.41) is 9.90. The molecule has 0 aliphatic carbocycles. The zero-order valence-corrected chi connectivity index (χ0v) is 5.55. The van der Waals surface area contributed by atoms with Crippen molar-refractivity contribution in [1.82, 2.24) is 10.2 Å². The number of fused-ring (bicyclic) bond motifs is 1. The van der Waals surface area contributed by atoms with Crippen LogP contribution in [0.4, 0.5) is 5.82 Å². The predicted molar refractivity (Wildman–Crippen MR) is 36.7 cm³/mol. The lowest BCUT2D eigenvalue weighted by atomic mass is 10.3. The third-order valence-corrected chi connectivity index (χ3v) is 1.52. The molecule has 2 heterocycles. The van der Waals surface area contributed by atoms with Crippen LogP contribution >= 0.6 is 0 Å². The van der Waals surface area contributed by atoms with Crippen LogP contribution in [0.25, 0.3) is 0 Å². The highest BCUT2D eigenvalue weighted by molar-refractivity contribution is 5.42. The van der Waals surface area contributed by atoms with Gasteiger partial charge < -0.3 is 10.1 Å². The fraction of sp³-hybridized carbons (Fsp3) is 0.500. The number of H-pyrrole nitrogens is 1. The van der Waals surface area contributed by atoms with Gasteiger partial charge in [0.2, 0.25) is 0 Å². The van der Waals surface area contributed by atoms with Gasteiger partial charge >= 0.3 is 0 Å². The van der Waals surface area contributed by atoms with E-state index in [9.17, 15) is 0 Å². The number of hydrogen-bond donors (Lipinski definition) is 2. The van der Waals surface area contributed by atoms with Gasteiger partial charge in [-0.15, -0.1) is 0 Å². The number of aromatic nitrogens is 2. The van der Waals surface area contributed by atoms with Gasteiger partial charge in [0.05, 0.1) is 19.4 Å². The normalized spacial score (nSPS) is 17.2. The average molecular weight is 139 g/mol. The van der Waals surface area contributed by atoms with E-state index < -0.39 is 0 Å². The molecule has 0 fully saturated rings. The maximum Gasteiger partial charge on any atom is 0.127 e. The third kappa shape index (κ3) is 0.863. The van der Waals surface area contributed by atoms with Crippen LogP contribution in [-0.4, -0.2) is 23.3 Å². The van der Waals surface area contributed by atoms with Crippen molar-refractivity contribution in [2.24, 2.45) is 0 Å². The molecule has 0 aromatic carbocycles. The van der Waals surface area contributed by atoms with Crippen LogP contribution in [0.3, 0.4) is 0 Å². The average Bonchev–Trinajstić information content (AvgIpc) is 2.28. The third-order valence-electron chi connectivity index (χ3n) is 1.52. The Bertz CT molecular complexity index is 200. The molecule has 0 amide bonds. The first kappa shape index (κ1) is 5.73. The lowest BCUT2D eigenvalue weighted by molar-refractivity contribution is 0.134. The van der Waals surface area contributed by atoms with Crippen LogP contribution < -0.4 is 5.32 Å². The summed E-state index contributed by atoms with van der Waals surface area (Å²) in [5.74, 6) is 0.998. The number of hydrogen-bond acceptors (Lipinski definition) is 3. The highest BCUT2D eigenvalue weighted by Gasteiger charge is 2.07. The molecular formula is C6H9N3O. The van der Waals surface area contributed by atoms with E-state index in [0.29, 0.717) is 6.61 Å². The Morgan fingerprint density at radius 1 is 1.60 bits per heavy atom. The van der Waals surface area contributed by atoms with Gasteiger partial charge in [-0.2, -0.15) is 5.10 Å². The molecule has 4 heteroatoms. The molecule has 1 aliphatic heterocycles. The smallest absolute Gasteiger partial charge is 0.127 e. The minimum absolute atomic E-state index is 0.666. The molecule has 0 unspecified atom stereocenters. The molecule has 0 radical (unpaired) electrons. The highest BCUT2D eigenvalue weighted by atomic mass is 16.5. The molecule has 0 spiro atoms. The standard InChI is InChI=1S/C6H9N3O/c1-2-10-4-5-3-8-9-6(5)7-1/h3H,1-2,4H2,(H2,7,8,9). The summed E-state index contributed by atoms with van der Waals surface area (Å²) in [6.45, 7) is 2.29.